The summed E-state index contributed by atoms with van der Waals surface area (Å²) in [6, 6.07) is 3.50. The molecule has 10 nitrogen and oxygen atoms in total. The van der Waals surface area contributed by atoms with Crippen LogP contribution in [0.25, 0.3) is 0 Å². The average molecular weight is 620 g/mol. The summed E-state index contributed by atoms with van der Waals surface area (Å²) in [7, 11) is 5.39. The molecule has 4 bridgehead atoms. The fourth-order valence-electron chi connectivity index (χ4n) is 8.09. The van der Waals surface area contributed by atoms with Gasteiger partial charge in [0.1, 0.15) is 12.6 Å². The summed E-state index contributed by atoms with van der Waals surface area (Å²) >= 11 is 1.60. The Morgan fingerprint density at radius 3 is 2.55 bits per heavy atom. The maximum absolute atomic E-state index is 13.1. The fourth-order valence-corrected chi connectivity index (χ4v) is 9.43. The van der Waals surface area contributed by atoms with Crippen LogP contribution < -0.4 is 18.9 Å². The Morgan fingerprint density at radius 1 is 1.05 bits per heavy atom. The van der Waals surface area contributed by atoms with Crippen LogP contribution in [-0.2, 0) is 20.7 Å². The highest BCUT2D eigenvalue weighted by Crippen LogP contribution is 2.62. The molecule has 0 N–H and O–H groups in total. The molecule has 0 radical (unpaired) electrons. The first-order valence-electron chi connectivity index (χ1n) is 14.9. The number of ether oxygens (including phenoxy) is 6. The normalized spacial score (nSPS) is 29.9. The van der Waals surface area contributed by atoms with Gasteiger partial charge in [-0.2, -0.15) is 5.26 Å². The summed E-state index contributed by atoms with van der Waals surface area (Å²) < 4.78 is 35.8. The number of methoxy groups -OCH3 is 2. The number of fused-ring (bicyclic) bond motifs is 9. The van der Waals surface area contributed by atoms with Crippen LogP contribution in [0, 0.1) is 32.1 Å². The van der Waals surface area contributed by atoms with Gasteiger partial charge in [0.2, 0.25) is 6.79 Å². The van der Waals surface area contributed by atoms with Crippen molar-refractivity contribution in [3.8, 4) is 29.1 Å². The number of cyclic esters (lactones) is 1. The second kappa shape index (κ2) is 10.9. The van der Waals surface area contributed by atoms with Gasteiger partial charge >= 0.3 is 5.97 Å². The van der Waals surface area contributed by atoms with Gasteiger partial charge in [-0.15, -0.1) is 11.8 Å². The third-order valence-electron chi connectivity index (χ3n) is 10.1. The molecule has 0 saturated carbocycles. The zero-order chi connectivity index (χ0) is 31.0. The molecule has 11 heteroatoms. The van der Waals surface area contributed by atoms with Crippen LogP contribution in [0.4, 0.5) is 0 Å². The Kier molecular flexibility index (Phi) is 7.24. The lowest BCUT2D eigenvalue weighted by Crippen LogP contribution is -2.69. The third-order valence-corrected chi connectivity index (χ3v) is 11.4. The number of piperazine rings is 1. The van der Waals surface area contributed by atoms with E-state index in [1.807, 2.05) is 12.3 Å². The average Bonchev–Trinajstić information content (AvgIpc) is 3.50. The summed E-state index contributed by atoms with van der Waals surface area (Å²) in [5.74, 6) is 2.42. The van der Waals surface area contributed by atoms with E-state index in [1.54, 1.807) is 32.9 Å². The van der Waals surface area contributed by atoms with E-state index < -0.39 is 12.1 Å². The van der Waals surface area contributed by atoms with Crippen molar-refractivity contribution in [1.29, 1.82) is 5.26 Å². The Morgan fingerprint density at radius 2 is 1.82 bits per heavy atom. The van der Waals surface area contributed by atoms with Crippen molar-refractivity contribution >= 4 is 17.7 Å². The van der Waals surface area contributed by atoms with Crippen molar-refractivity contribution in [2.45, 2.75) is 69.6 Å². The first-order chi connectivity index (χ1) is 21.2. The smallest absolute Gasteiger partial charge is 0.334 e. The highest BCUT2D eigenvalue weighted by Gasteiger charge is 2.60. The number of carbonyl (C=O) groups is 1. The Labute approximate surface area is 261 Å². The van der Waals surface area contributed by atoms with Crippen LogP contribution >= 0.6 is 11.8 Å². The second-order valence-electron chi connectivity index (χ2n) is 12.2. The van der Waals surface area contributed by atoms with E-state index in [4.69, 9.17) is 28.4 Å². The number of hydrogen-bond donors (Lipinski definition) is 0. The van der Waals surface area contributed by atoms with Gasteiger partial charge < -0.3 is 28.4 Å². The summed E-state index contributed by atoms with van der Waals surface area (Å²) in [5.41, 5.74) is 7.99. The van der Waals surface area contributed by atoms with Crippen LogP contribution in [0.15, 0.2) is 17.0 Å². The lowest BCUT2D eigenvalue weighted by molar-refractivity contribution is -0.144. The van der Waals surface area contributed by atoms with Crippen LogP contribution in [0.2, 0.25) is 0 Å². The maximum atomic E-state index is 13.1. The molecular weight excluding hydrogens is 582 g/mol. The maximum Gasteiger partial charge on any atom is 0.334 e. The number of benzene rings is 2. The molecule has 0 aromatic heterocycles. The topological polar surface area (TPSA) is 103 Å². The van der Waals surface area contributed by atoms with Gasteiger partial charge in [0, 0.05) is 35.9 Å². The zero-order valence-electron chi connectivity index (χ0n) is 26.1. The Balaban J connectivity index is 1.55. The van der Waals surface area contributed by atoms with Gasteiger partial charge in [0.15, 0.2) is 29.8 Å². The summed E-state index contributed by atoms with van der Waals surface area (Å²) in [5, 5.41) is 12.7. The van der Waals surface area contributed by atoms with Crippen molar-refractivity contribution in [2.75, 3.05) is 41.5 Å². The molecule has 1 fully saturated rings. The summed E-state index contributed by atoms with van der Waals surface area (Å²) in [6.07, 6.45) is 0.652. The van der Waals surface area contributed by atoms with Gasteiger partial charge in [-0.1, -0.05) is 6.07 Å². The number of carbonyl (C=O) groups excluding carboxylic acids is 1. The molecule has 44 heavy (non-hydrogen) atoms. The largest absolute Gasteiger partial charge is 0.493 e. The first kappa shape index (κ1) is 29.3. The van der Waals surface area contributed by atoms with Crippen molar-refractivity contribution in [1.82, 2.24) is 9.80 Å². The molecule has 2 aromatic rings. The van der Waals surface area contributed by atoms with E-state index in [0.717, 1.165) is 44.7 Å². The molecule has 0 aliphatic carbocycles. The molecule has 1 saturated heterocycles. The lowest BCUT2D eigenvalue weighted by Gasteiger charge is -2.61. The highest BCUT2D eigenvalue weighted by atomic mass is 32.2. The number of nitriles is 1. The highest BCUT2D eigenvalue weighted by molar-refractivity contribution is 8.02. The number of aryl methyl sites for hydroxylation is 1. The van der Waals surface area contributed by atoms with E-state index in [2.05, 4.69) is 42.8 Å². The van der Waals surface area contributed by atoms with Crippen LogP contribution in [-0.4, -0.2) is 75.4 Å². The monoisotopic (exact) mass is 619 g/mol. The van der Waals surface area contributed by atoms with E-state index in [1.165, 1.54) is 0 Å². The number of rotatable bonds is 4. The molecule has 6 atom stereocenters. The van der Waals surface area contributed by atoms with Crippen LogP contribution in [0.1, 0.15) is 63.2 Å². The van der Waals surface area contributed by atoms with Crippen molar-refractivity contribution in [3.63, 3.8) is 0 Å². The minimum Gasteiger partial charge on any atom is -0.493 e. The molecule has 5 aliphatic rings. The van der Waals surface area contributed by atoms with Gasteiger partial charge in [-0.05, 0) is 74.4 Å². The number of nitrogens with zero attached hydrogens (tertiary/aromatic N) is 3. The van der Waals surface area contributed by atoms with Gasteiger partial charge in [0.05, 0.1) is 30.5 Å². The molecule has 0 spiro atoms. The molecule has 5 heterocycles. The van der Waals surface area contributed by atoms with Crippen LogP contribution in [0.5, 0.6) is 23.0 Å². The second-order valence-corrected chi connectivity index (χ2v) is 13.2. The number of esters is 1. The number of hydrogen-bond acceptors (Lipinski definition) is 11. The Hall–Kier alpha value is -3.43. The van der Waals surface area contributed by atoms with Gasteiger partial charge in [-0.3, -0.25) is 9.80 Å². The minimum absolute atomic E-state index is 0.0740. The molecule has 2 aromatic carbocycles. The Bertz CT molecular complexity index is 1630. The van der Waals surface area contributed by atoms with E-state index in [-0.39, 0.29) is 49.5 Å². The van der Waals surface area contributed by atoms with Crippen molar-refractivity contribution in [2.24, 2.45) is 0 Å². The molecule has 232 valence electrons. The summed E-state index contributed by atoms with van der Waals surface area (Å²) in [4.78, 5) is 17.7. The SMILES string of the molecule is COCOc1c(OC)c(C)cc2c1[C@@H]1C3[C@@H]4S/C=C(/C)C(=O)OC[C@H](c5c6c(c(C)c(C)c54)OCO6)N3[C@@H](C#N)[C@@H](C2)N1C. The van der Waals surface area contributed by atoms with Crippen molar-refractivity contribution in [3.05, 3.63) is 56.0 Å². The predicted molar refractivity (Wildman–Crippen MR) is 163 cm³/mol. The quantitative estimate of drug-likeness (QED) is 0.349. The molecule has 7 rings (SSSR count). The van der Waals surface area contributed by atoms with Gasteiger partial charge in [0.25, 0.3) is 0 Å². The molecule has 5 aliphatic heterocycles. The standard InChI is InChI=1S/C33H37N3O7S/c1-15-8-19-9-20-21(10-34)36-22-11-40-33(37)16(2)12-44-32(23-17(3)18(4)29-31(25(22)23)43-14-42-29)27(36)26(35(20)5)24(19)30(28(15)39-7)41-13-38-6/h8,12,20-22,26-27,32H,9,11,13-14H2,1-7H3/b16-12-/t20-,21+,22-,26-,27?,32-/m1/s1. The predicted octanol–water partition coefficient (Wildman–Crippen LogP) is 4.80. The number of thioether (sulfide) groups is 1. The molecule has 1 unspecified atom stereocenters. The van der Waals surface area contributed by atoms with Gasteiger partial charge in [-0.25, -0.2) is 4.79 Å². The molecule has 0 amide bonds. The minimum atomic E-state index is -0.482. The third kappa shape index (κ3) is 4.01. The summed E-state index contributed by atoms with van der Waals surface area (Å²) in [6.45, 7) is 8.31. The fraction of sp³-hybridized carbons (Fsp3) is 0.515. The van der Waals surface area contributed by atoms with E-state index in [0.29, 0.717) is 29.2 Å². The molecular formula is C33H37N3O7S. The first-order valence-corrected chi connectivity index (χ1v) is 15.8. The zero-order valence-corrected chi connectivity index (χ0v) is 26.9. The van der Waals surface area contributed by atoms with E-state index >= 15 is 0 Å². The van der Waals surface area contributed by atoms with Crippen molar-refractivity contribution < 1.29 is 33.2 Å². The van der Waals surface area contributed by atoms with E-state index in [9.17, 15) is 10.1 Å². The lowest BCUT2D eigenvalue weighted by atomic mass is 9.71. The van der Waals surface area contributed by atoms with Crippen LogP contribution in [0.3, 0.4) is 0 Å². The number of likely N-dealkylation sites (N-methyl/N-ethyl adjacent to an activating group) is 1.